The van der Waals surface area contributed by atoms with Crippen molar-refractivity contribution in [2.24, 2.45) is 0 Å². The fourth-order valence-electron chi connectivity index (χ4n) is 2.84. The monoisotopic (exact) mass is 462 g/mol. The number of aryl methyl sites for hydroxylation is 2. The Hall–Kier alpha value is -1.89. The Morgan fingerprint density at radius 3 is 2.59 bits per heavy atom. The Bertz CT molecular complexity index is 1000. The van der Waals surface area contributed by atoms with Crippen molar-refractivity contribution in [3.8, 4) is 0 Å². The molecule has 2 N–H and O–H groups in total. The second-order valence-electron chi connectivity index (χ2n) is 6.33. The predicted molar refractivity (Wildman–Crippen MR) is 121 cm³/mol. The van der Waals surface area contributed by atoms with Crippen LogP contribution in [0.2, 0.25) is 5.02 Å². The summed E-state index contributed by atoms with van der Waals surface area (Å²) < 4.78 is 2.91. The van der Waals surface area contributed by atoms with Gasteiger partial charge in [0.15, 0.2) is 5.11 Å². The number of aromatic nitrogens is 2. The van der Waals surface area contributed by atoms with E-state index in [2.05, 4.69) is 50.7 Å². The van der Waals surface area contributed by atoms with E-state index in [0.29, 0.717) is 10.1 Å². The highest BCUT2D eigenvalue weighted by Crippen LogP contribution is 2.26. The molecule has 7 heteroatoms. The Labute approximate surface area is 178 Å². The molecule has 0 saturated carbocycles. The van der Waals surface area contributed by atoms with E-state index in [1.54, 1.807) is 0 Å². The molecule has 0 aliphatic carbocycles. The van der Waals surface area contributed by atoms with Crippen LogP contribution in [0.5, 0.6) is 0 Å². The number of anilines is 2. The van der Waals surface area contributed by atoms with Gasteiger partial charge in [-0.15, -0.1) is 0 Å². The number of rotatable bonds is 4. The van der Waals surface area contributed by atoms with Crippen LogP contribution in [0.1, 0.15) is 22.5 Å². The van der Waals surface area contributed by atoms with Crippen LogP contribution in [0, 0.1) is 20.8 Å². The molecule has 0 fully saturated rings. The van der Waals surface area contributed by atoms with E-state index in [1.807, 2.05) is 48.9 Å². The standard InChI is InChI=1S/C20H20BrClN4S/c1-12-6-4-5-7-15(12)11-26-14(3)19(13(2)25-26)24-20(27)23-18-9-8-16(21)10-17(18)22/h4-10H,11H2,1-3H3,(H2,23,24,27). The smallest absolute Gasteiger partial charge is 0.175 e. The zero-order valence-corrected chi connectivity index (χ0v) is 18.5. The second-order valence-corrected chi connectivity index (χ2v) is 8.06. The SMILES string of the molecule is Cc1ccccc1Cn1nc(C)c(NC(=S)Nc2ccc(Br)cc2Cl)c1C. The molecule has 0 aliphatic heterocycles. The quantitative estimate of drug-likeness (QED) is 0.460. The molecule has 2 aromatic carbocycles. The number of hydrogen-bond acceptors (Lipinski definition) is 2. The van der Waals surface area contributed by atoms with E-state index in [9.17, 15) is 0 Å². The molecule has 27 heavy (non-hydrogen) atoms. The maximum Gasteiger partial charge on any atom is 0.175 e. The lowest BCUT2D eigenvalue weighted by molar-refractivity contribution is 0.657. The van der Waals surface area contributed by atoms with Gasteiger partial charge in [0.25, 0.3) is 0 Å². The minimum Gasteiger partial charge on any atom is -0.331 e. The number of nitrogens with zero attached hydrogens (tertiary/aromatic N) is 2. The van der Waals surface area contributed by atoms with Crippen molar-refractivity contribution < 1.29 is 0 Å². The van der Waals surface area contributed by atoms with Crippen molar-refractivity contribution in [3.05, 3.63) is 74.5 Å². The Balaban J connectivity index is 1.76. The Morgan fingerprint density at radius 1 is 1.15 bits per heavy atom. The van der Waals surface area contributed by atoms with Gasteiger partial charge >= 0.3 is 0 Å². The topological polar surface area (TPSA) is 41.9 Å². The lowest BCUT2D eigenvalue weighted by Gasteiger charge is -2.13. The highest BCUT2D eigenvalue weighted by molar-refractivity contribution is 9.10. The normalized spacial score (nSPS) is 10.7. The van der Waals surface area contributed by atoms with Crippen LogP contribution >= 0.6 is 39.7 Å². The highest BCUT2D eigenvalue weighted by Gasteiger charge is 2.14. The molecule has 140 valence electrons. The first-order chi connectivity index (χ1) is 12.8. The van der Waals surface area contributed by atoms with E-state index in [0.717, 1.165) is 33.8 Å². The first kappa shape index (κ1) is 19.9. The van der Waals surface area contributed by atoms with Crippen LogP contribution in [-0.2, 0) is 6.54 Å². The molecule has 3 aromatic rings. The molecule has 4 nitrogen and oxygen atoms in total. The number of benzene rings is 2. The fourth-order valence-corrected chi connectivity index (χ4v) is 3.77. The van der Waals surface area contributed by atoms with Gasteiger partial charge in [-0.25, -0.2) is 0 Å². The molecule has 0 aliphatic rings. The van der Waals surface area contributed by atoms with Gasteiger partial charge in [-0.1, -0.05) is 51.8 Å². The van der Waals surface area contributed by atoms with Crippen LogP contribution in [0.25, 0.3) is 0 Å². The van der Waals surface area contributed by atoms with E-state index < -0.39 is 0 Å². The number of thiocarbonyl (C=S) groups is 1. The van der Waals surface area contributed by atoms with Crippen molar-refractivity contribution in [2.75, 3.05) is 10.6 Å². The van der Waals surface area contributed by atoms with E-state index in [4.69, 9.17) is 23.8 Å². The molecule has 0 spiro atoms. The summed E-state index contributed by atoms with van der Waals surface area (Å²) in [6, 6.07) is 13.9. The number of hydrogen-bond donors (Lipinski definition) is 2. The van der Waals surface area contributed by atoms with Gasteiger partial charge < -0.3 is 10.6 Å². The molecule has 1 aromatic heterocycles. The third-order valence-corrected chi connectivity index (χ3v) is 5.39. The molecular weight excluding hydrogens is 444 g/mol. The molecule has 0 atom stereocenters. The Morgan fingerprint density at radius 2 is 1.89 bits per heavy atom. The first-order valence-corrected chi connectivity index (χ1v) is 10.0. The van der Waals surface area contributed by atoms with Gasteiger partial charge in [-0.2, -0.15) is 5.10 Å². The maximum absolute atomic E-state index is 6.25. The maximum atomic E-state index is 6.25. The van der Waals surface area contributed by atoms with Gasteiger partial charge in [-0.05, 0) is 62.3 Å². The molecular formula is C20H20BrClN4S. The lowest BCUT2D eigenvalue weighted by atomic mass is 10.1. The van der Waals surface area contributed by atoms with Crippen LogP contribution in [0.4, 0.5) is 11.4 Å². The zero-order chi connectivity index (χ0) is 19.6. The molecule has 0 bridgehead atoms. The summed E-state index contributed by atoms with van der Waals surface area (Å²) in [5.74, 6) is 0. The zero-order valence-electron chi connectivity index (χ0n) is 15.3. The van der Waals surface area contributed by atoms with Crippen LogP contribution in [0.3, 0.4) is 0 Å². The predicted octanol–water partition coefficient (Wildman–Crippen LogP) is 6.08. The van der Waals surface area contributed by atoms with Gasteiger partial charge in [0.1, 0.15) is 0 Å². The average molecular weight is 464 g/mol. The second kappa shape index (κ2) is 8.42. The minimum atomic E-state index is 0.473. The largest absolute Gasteiger partial charge is 0.331 e. The van der Waals surface area contributed by atoms with Crippen molar-refractivity contribution >= 4 is 56.2 Å². The molecule has 0 unspecified atom stereocenters. The summed E-state index contributed by atoms with van der Waals surface area (Å²) in [6.45, 7) is 6.84. The number of nitrogens with one attached hydrogen (secondary N) is 2. The lowest BCUT2D eigenvalue weighted by Crippen LogP contribution is -2.20. The molecule has 0 radical (unpaired) electrons. The average Bonchev–Trinajstić information content (AvgIpc) is 2.87. The van der Waals surface area contributed by atoms with E-state index in [1.165, 1.54) is 11.1 Å². The van der Waals surface area contributed by atoms with Crippen molar-refractivity contribution in [2.45, 2.75) is 27.3 Å². The minimum absolute atomic E-state index is 0.473. The van der Waals surface area contributed by atoms with Crippen LogP contribution in [0.15, 0.2) is 46.9 Å². The van der Waals surface area contributed by atoms with Crippen LogP contribution in [-0.4, -0.2) is 14.9 Å². The molecule has 1 heterocycles. The van der Waals surface area contributed by atoms with E-state index >= 15 is 0 Å². The first-order valence-electron chi connectivity index (χ1n) is 8.46. The molecule has 0 amide bonds. The van der Waals surface area contributed by atoms with Gasteiger partial charge in [0, 0.05) is 4.47 Å². The number of halogens is 2. The molecule has 3 rings (SSSR count). The molecule has 0 saturated heterocycles. The van der Waals surface area contributed by atoms with Crippen LogP contribution < -0.4 is 10.6 Å². The fraction of sp³-hybridized carbons (Fsp3) is 0.200. The summed E-state index contributed by atoms with van der Waals surface area (Å²) in [4.78, 5) is 0. The van der Waals surface area contributed by atoms with E-state index in [-0.39, 0.29) is 0 Å². The summed E-state index contributed by atoms with van der Waals surface area (Å²) >= 11 is 15.1. The van der Waals surface area contributed by atoms with Crippen molar-refractivity contribution in [3.63, 3.8) is 0 Å². The summed E-state index contributed by atoms with van der Waals surface area (Å²) in [5, 5.41) is 12.1. The van der Waals surface area contributed by atoms with Gasteiger partial charge in [0.2, 0.25) is 0 Å². The summed E-state index contributed by atoms with van der Waals surface area (Å²) in [6.07, 6.45) is 0. The highest BCUT2D eigenvalue weighted by atomic mass is 79.9. The summed E-state index contributed by atoms with van der Waals surface area (Å²) in [5.41, 5.74) is 6.09. The third kappa shape index (κ3) is 4.69. The summed E-state index contributed by atoms with van der Waals surface area (Å²) in [7, 11) is 0. The third-order valence-electron chi connectivity index (χ3n) is 4.38. The Kier molecular flexibility index (Phi) is 6.19. The van der Waals surface area contributed by atoms with Gasteiger partial charge in [-0.3, -0.25) is 4.68 Å². The van der Waals surface area contributed by atoms with Crippen molar-refractivity contribution in [1.82, 2.24) is 9.78 Å². The van der Waals surface area contributed by atoms with Gasteiger partial charge in [0.05, 0.1) is 34.3 Å². The van der Waals surface area contributed by atoms with Crippen molar-refractivity contribution in [1.29, 1.82) is 0 Å².